The normalized spacial score (nSPS) is 10.9. The van der Waals surface area contributed by atoms with Crippen LogP contribution in [-0.4, -0.2) is 17.5 Å². The molecule has 0 radical (unpaired) electrons. The molecule has 0 unspecified atom stereocenters. The zero-order valence-electron chi connectivity index (χ0n) is 15.5. The number of aryl methyl sites for hydroxylation is 2. The topological polar surface area (TPSA) is 64.4 Å². The number of furan rings is 1. The van der Waals surface area contributed by atoms with Crippen LogP contribution in [0, 0.1) is 13.8 Å². The van der Waals surface area contributed by atoms with Crippen LogP contribution in [0.3, 0.4) is 0 Å². The molecule has 26 heavy (non-hydrogen) atoms. The second-order valence-electron chi connectivity index (χ2n) is 6.41. The van der Waals surface area contributed by atoms with Crippen LogP contribution in [0.1, 0.15) is 35.6 Å². The van der Waals surface area contributed by atoms with Crippen LogP contribution in [0.2, 0.25) is 0 Å². The first kappa shape index (κ1) is 18.0. The van der Waals surface area contributed by atoms with E-state index in [-0.39, 0.29) is 12.3 Å². The Bertz CT molecular complexity index is 915. The summed E-state index contributed by atoms with van der Waals surface area (Å²) in [6.07, 6.45) is 4.56. The molecule has 1 aromatic carbocycles. The van der Waals surface area contributed by atoms with Gasteiger partial charge >= 0.3 is 0 Å². The molecule has 0 bridgehead atoms. The van der Waals surface area contributed by atoms with Crippen molar-refractivity contribution in [3.63, 3.8) is 0 Å². The van der Waals surface area contributed by atoms with Gasteiger partial charge in [-0.15, -0.1) is 0 Å². The Hall–Kier alpha value is -2.82. The van der Waals surface area contributed by atoms with E-state index in [2.05, 4.69) is 23.3 Å². The maximum Gasteiger partial charge on any atom is 0.224 e. The van der Waals surface area contributed by atoms with Gasteiger partial charge in [0.25, 0.3) is 0 Å². The van der Waals surface area contributed by atoms with Crippen LogP contribution in [0.4, 0.5) is 0 Å². The largest absolute Gasteiger partial charge is 0.477 e. The summed E-state index contributed by atoms with van der Waals surface area (Å²) in [4.78, 5) is 16.6. The van der Waals surface area contributed by atoms with Gasteiger partial charge < -0.3 is 14.5 Å². The van der Waals surface area contributed by atoms with E-state index in [0.717, 1.165) is 34.1 Å². The first-order valence-electron chi connectivity index (χ1n) is 8.89. The van der Waals surface area contributed by atoms with Gasteiger partial charge in [-0.25, -0.2) is 4.98 Å². The number of hydrogen-bond donors (Lipinski definition) is 1. The molecule has 0 fully saturated rings. The number of hydrogen-bond acceptors (Lipinski definition) is 4. The van der Waals surface area contributed by atoms with Crippen molar-refractivity contribution in [3.05, 3.63) is 59.0 Å². The monoisotopic (exact) mass is 352 g/mol. The molecule has 136 valence electrons. The van der Waals surface area contributed by atoms with Crippen molar-refractivity contribution >= 4 is 16.9 Å². The number of pyridine rings is 1. The average molecular weight is 352 g/mol. The SMILES string of the molecule is CCCOc1ncccc1CNC(=O)Cc1coc2c(C)c(C)ccc12. The van der Waals surface area contributed by atoms with Gasteiger partial charge in [0.15, 0.2) is 0 Å². The van der Waals surface area contributed by atoms with E-state index in [1.54, 1.807) is 12.5 Å². The molecule has 2 aromatic heterocycles. The van der Waals surface area contributed by atoms with Crippen LogP contribution in [0.25, 0.3) is 11.0 Å². The Kier molecular flexibility index (Phi) is 5.56. The van der Waals surface area contributed by atoms with Gasteiger partial charge in [0.05, 0.1) is 19.3 Å². The molecular formula is C21H24N2O3. The summed E-state index contributed by atoms with van der Waals surface area (Å²) in [7, 11) is 0. The number of fused-ring (bicyclic) bond motifs is 1. The molecule has 0 saturated heterocycles. The number of rotatable bonds is 7. The maximum absolute atomic E-state index is 12.4. The lowest BCUT2D eigenvalue weighted by molar-refractivity contribution is -0.120. The fraction of sp³-hybridized carbons (Fsp3) is 0.333. The molecule has 0 aliphatic carbocycles. The second-order valence-corrected chi connectivity index (χ2v) is 6.41. The summed E-state index contributed by atoms with van der Waals surface area (Å²) in [6, 6.07) is 7.83. The first-order valence-corrected chi connectivity index (χ1v) is 8.89. The van der Waals surface area contributed by atoms with Gasteiger partial charge in [0.2, 0.25) is 11.8 Å². The minimum Gasteiger partial charge on any atom is -0.477 e. The van der Waals surface area contributed by atoms with E-state index in [1.165, 1.54) is 5.56 Å². The molecule has 3 aromatic rings. The highest BCUT2D eigenvalue weighted by Gasteiger charge is 2.13. The molecule has 0 aliphatic rings. The highest BCUT2D eigenvalue weighted by molar-refractivity contribution is 5.89. The summed E-state index contributed by atoms with van der Waals surface area (Å²) < 4.78 is 11.3. The van der Waals surface area contributed by atoms with Gasteiger partial charge in [0, 0.05) is 29.3 Å². The first-order chi connectivity index (χ1) is 12.6. The predicted molar refractivity (Wildman–Crippen MR) is 101 cm³/mol. The standard InChI is InChI=1S/C21H24N2O3/c1-4-10-25-21-16(6-5-9-22-21)12-23-19(24)11-17-13-26-20-15(3)14(2)7-8-18(17)20/h5-9,13H,4,10-12H2,1-3H3,(H,23,24). The summed E-state index contributed by atoms with van der Waals surface area (Å²) in [5.74, 6) is 0.519. The molecule has 5 nitrogen and oxygen atoms in total. The van der Waals surface area contributed by atoms with Gasteiger partial charge in [-0.2, -0.15) is 0 Å². The van der Waals surface area contributed by atoms with Crippen molar-refractivity contribution in [2.75, 3.05) is 6.61 Å². The molecular weight excluding hydrogens is 328 g/mol. The van der Waals surface area contributed by atoms with Crippen LogP contribution in [0.15, 0.2) is 41.1 Å². The number of carbonyl (C=O) groups is 1. The quantitative estimate of drug-likeness (QED) is 0.695. The average Bonchev–Trinajstić information content (AvgIpc) is 3.05. The zero-order chi connectivity index (χ0) is 18.5. The second kappa shape index (κ2) is 8.04. The highest BCUT2D eigenvalue weighted by atomic mass is 16.5. The number of nitrogens with zero attached hydrogens (tertiary/aromatic N) is 1. The van der Waals surface area contributed by atoms with Crippen molar-refractivity contribution in [3.8, 4) is 5.88 Å². The number of ether oxygens (including phenoxy) is 1. The summed E-state index contributed by atoms with van der Waals surface area (Å²) in [5, 5.41) is 3.94. The van der Waals surface area contributed by atoms with Crippen molar-refractivity contribution in [2.45, 2.75) is 40.2 Å². The van der Waals surface area contributed by atoms with E-state index in [0.29, 0.717) is 19.0 Å². The lowest BCUT2D eigenvalue weighted by Gasteiger charge is -2.10. The number of aromatic nitrogens is 1. The lowest BCUT2D eigenvalue weighted by Crippen LogP contribution is -2.25. The number of amides is 1. The van der Waals surface area contributed by atoms with Crippen LogP contribution < -0.4 is 10.1 Å². The van der Waals surface area contributed by atoms with Gasteiger partial charge in [-0.1, -0.05) is 25.1 Å². The van der Waals surface area contributed by atoms with E-state index in [4.69, 9.17) is 9.15 Å². The molecule has 0 aliphatic heterocycles. The molecule has 5 heteroatoms. The fourth-order valence-corrected chi connectivity index (χ4v) is 2.84. The van der Waals surface area contributed by atoms with E-state index in [9.17, 15) is 4.79 Å². The molecule has 0 spiro atoms. The van der Waals surface area contributed by atoms with Crippen LogP contribution in [-0.2, 0) is 17.8 Å². The van der Waals surface area contributed by atoms with Crippen molar-refractivity contribution in [1.29, 1.82) is 0 Å². The molecule has 3 rings (SSSR count). The summed E-state index contributed by atoms with van der Waals surface area (Å²) in [6.45, 7) is 7.13. The predicted octanol–water partition coefficient (Wildman–Crippen LogP) is 4.09. The molecule has 2 heterocycles. The Balaban J connectivity index is 1.66. The van der Waals surface area contributed by atoms with Gasteiger partial charge in [-0.3, -0.25) is 4.79 Å². The molecule has 0 atom stereocenters. The van der Waals surface area contributed by atoms with Gasteiger partial charge in [-0.05, 0) is 37.5 Å². The molecule has 1 N–H and O–H groups in total. The molecule has 1 amide bonds. The van der Waals surface area contributed by atoms with E-state index < -0.39 is 0 Å². The fourth-order valence-electron chi connectivity index (χ4n) is 2.84. The molecule has 0 saturated carbocycles. The Morgan fingerprint density at radius 1 is 1.23 bits per heavy atom. The summed E-state index contributed by atoms with van der Waals surface area (Å²) in [5.41, 5.74) is 4.92. The van der Waals surface area contributed by atoms with Crippen molar-refractivity contribution < 1.29 is 13.9 Å². The minimum absolute atomic E-state index is 0.0591. The van der Waals surface area contributed by atoms with Crippen molar-refractivity contribution in [1.82, 2.24) is 10.3 Å². The number of carbonyl (C=O) groups excluding carboxylic acids is 1. The number of benzene rings is 1. The van der Waals surface area contributed by atoms with Gasteiger partial charge in [0.1, 0.15) is 5.58 Å². The zero-order valence-corrected chi connectivity index (χ0v) is 15.5. The van der Waals surface area contributed by atoms with E-state index >= 15 is 0 Å². The number of nitrogens with one attached hydrogen (secondary N) is 1. The maximum atomic E-state index is 12.4. The Morgan fingerprint density at radius 3 is 2.88 bits per heavy atom. The smallest absolute Gasteiger partial charge is 0.224 e. The third-order valence-corrected chi connectivity index (χ3v) is 4.46. The highest BCUT2D eigenvalue weighted by Crippen LogP contribution is 2.26. The lowest BCUT2D eigenvalue weighted by atomic mass is 10.0. The third kappa shape index (κ3) is 3.87. The minimum atomic E-state index is -0.0591. The van der Waals surface area contributed by atoms with Crippen molar-refractivity contribution in [2.24, 2.45) is 0 Å². The Morgan fingerprint density at radius 2 is 2.08 bits per heavy atom. The van der Waals surface area contributed by atoms with E-state index in [1.807, 2.05) is 32.0 Å². The Labute approximate surface area is 153 Å². The van der Waals surface area contributed by atoms with Crippen LogP contribution in [0.5, 0.6) is 5.88 Å². The third-order valence-electron chi connectivity index (χ3n) is 4.46. The van der Waals surface area contributed by atoms with Crippen LogP contribution >= 0.6 is 0 Å². The summed E-state index contributed by atoms with van der Waals surface area (Å²) >= 11 is 0.